The fourth-order valence-electron chi connectivity index (χ4n) is 2.04. The first-order chi connectivity index (χ1) is 9.33. The molecule has 1 atom stereocenters. The van der Waals surface area contributed by atoms with Crippen LogP contribution in [0.1, 0.15) is 5.89 Å². The molecule has 1 aromatic heterocycles. The molecule has 7 heteroatoms. The van der Waals surface area contributed by atoms with Crippen LogP contribution < -0.4 is 5.32 Å². The molecule has 108 valence electrons. The Morgan fingerprint density at radius 3 is 2.95 bits per heavy atom. The summed E-state index contributed by atoms with van der Waals surface area (Å²) in [7, 11) is 0. The largest absolute Gasteiger partial charge is 0.375 e. The second-order valence-corrected chi connectivity index (χ2v) is 4.39. The lowest BCUT2D eigenvalue weighted by atomic mass is 10.2. The van der Waals surface area contributed by atoms with Crippen LogP contribution in [0.5, 0.6) is 0 Å². The number of hydrogen-bond acceptors (Lipinski definition) is 5. The number of morpholine rings is 1. The van der Waals surface area contributed by atoms with Crippen LogP contribution in [0.15, 0.2) is 28.8 Å². The van der Waals surface area contributed by atoms with Crippen molar-refractivity contribution in [3.8, 4) is 11.4 Å². The zero-order chi connectivity index (χ0) is 13.1. The maximum Gasteiger partial charge on any atom is 0.229 e. The molecule has 1 fully saturated rings. The summed E-state index contributed by atoms with van der Waals surface area (Å²) in [4.78, 5) is 4.21. The summed E-state index contributed by atoms with van der Waals surface area (Å²) in [5.74, 6) is 0.384. The Hall–Kier alpha value is -1.50. The third kappa shape index (κ3) is 3.33. The van der Waals surface area contributed by atoms with Crippen LogP contribution in [0.2, 0.25) is 0 Å². The monoisotopic (exact) mass is 299 g/mol. The predicted molar refractivity (Wildman–Crippen MR) is 73.3 cm³/mol. The minimum atomic E-state index is -0.356. The van der Waals surface area contributed by atoms with Crippen molar-refractivity contribution in [1.29, 1.82) is 0 Å². The molecule has 1 aromatic carbocycles. The quantitative estimate of drug-likeness (QED) is 0.937. The van der Waals surface area contributed by atoms with Gasteiger partial charge in [-0.1, -0.05) is 17.3 Å². The summed E-state index contributed by atoms with van der Waals surface area (Å²) in [6.45, 7) is 2.30. The number of nitrogens with zero attached hydrogens (tertiary/aromatic N) is 2. The molecule has 1 aliphatic rings. The first kappa shape index (κ1) is 14.9. The zero-order valence-electron chi connectivity index (χ0n) is 10.7. The highest BCUT2D eigenvalue weighted by Gasteiger charge is 2.19. The van der Waals surface area contributed by atoms with Gasteiger partial charge in [0.2, 0.25) is 11.7 Å². The van der Waals surface area contributed by atoms with Gasteiger partial charge in [0.1, 0.15) is 5.82 Å². The van der Waals surface area contributed by atoms with Crippen molar-refractivity contribution in [1.82, 2.24) is 15.5 Å². The molecular formula is C13H15ClFN3O2. The van der Waals surface area contributed by atoms with Gasteiger partial charge in [-0.3, -0.25) is 0 Å². The molecule has 3 rings (SSSR count). The maximum atomic E-state index is 13.6. The Labute approximate surface area is 121 Å². The van der Waals surface area contributed by atoms with Gasteiger partial charge in [0.05, 0.1) is 24.7 Å². The second kappa shape index (κ2) is 6.78. The fourth-order valence-corrected chi connectivity index (χ4v) is 2.04. The van der Waals surface area contributed by atoms with Crippen molar-refractivity contribution < 1.29 is 13.7 Å². The number of nitrogens with one attached hydrogen (secondary N) is 1. The fraction of sp³-hybridized carbons (Fsp3) is 0.385. The van der Waals surface area contributed by atoms with Crippen LogP contribution in [0.25, 0.3) is 11.4 Å². The summed E-state index contributed by atoms with van der Waals surface area (Å²) in [6.07, 6.45) is 0.566. The molecule has 1 saturated heterocycles. The lowest BCUT2D eigenvalue weighted by Gasteiger charge is -2.21. The summed E-state index contributed by atoms with van der Waals surface area (Å²) < 4.78 is 24.3. The number of hydrogen-bond donors (Lipinski definition) is 1. The van der Waals surface area contributed by atoms with Gasteiger partial charge in [-0.05, 0) is 12.1 Å². The Morgan fingerprint density at radius 2 is 2.20 bits per heavy atom. The zero-order valence-corrected chi connectivity index (χ0v) is 11.5. The highest BCUT2D eigenvalue weighted by Crippen LogP contribution is 2.19. The van der Waals surface area contributed by atoms with E-state index in [4.69, 9.17) is 9.26 Å². The Morgan fingerprint density at radius 1 is 1.35 bits per heavy atom. The number of aromatic nitrogens is 2. The third-order valence-electron chi connectivity index (χ3n) is 2.99. The SMILES string of the molecule is Cl.Fc1ccccc1-c1noc(CC2CNCCO2)n1. The molecule has 1 unspecified atom stereocenters. The molecule has 0 aliphatic carbocycles. The molecule has 0 bridgehead atoms. The standard InChI is InChI=1S/C13H14FN3O2.ClH/c14-11-4-2-1-3-10(11)13-16-12(19-17-13)7-9-8-15-5-6-18-9;/h1-4,9,15H,5-8H2;1H. The van der Waals surface area contributed by atoms with Gasteiger partial charge in [-0.2, -0.15) is 4.98 Å². The number of rotatable bonds is 3. The van der Waals surface area contributed by atoms with E-state index in [0.29, 0.717) is 24.5 Å². The van der Waals surface area contributed by atoms with E-state index in [1.807, 2.05) is 0 Å². The van der Waals surface area contributed by atoms with Gasteiger partial charge in [-0.15, -0.1) is 12.4 Å². The van der Waals surface area contributed by atoms with Crippen molar-refractivity contribution in [3.05, 3.63) is 36.0 Å². The second-order valence-electron chi connectivity index (χ2n) is 4.39. The molecular weight excluding hydrogens is 285 g/mol. The van der Waals surface area contributed by atoms with Gasteiger partial charge in [0.25, 0.3) is 0 Å². The number of ether oxygens (including phenoxy) is 1. The van der Waals surface area contributed by atoms with E-state index >= 15 is 0 Å². The molecule has 2 heterocycles. The highest BCUT2D eigenvalue weighted by molar-refractivity contribution is 5.85. The van der Waals surface area contributed by atoms with Gasteiger partial charge in [0, 0.05) is 13.1 Å². The van der Waals surface area contributed by atoms with Crippen molar-refractivity contribution in [2.45, 2.75) is 12.5 Å². The predicted octanol–water partition coefficient (Wildman–Crippen LogP) is 1.83. The van der Waals surface area contributed by atoms with Crippen LogP contribution in [0.3, 0.4) is 0 Å². The molecule has 1 aliphatic heterocycles. The summed E-state index contributed by atoms with van der Waals surface area (Å²) in [6, 6.07) is 6.37. The third-order valence-corrected chi connectivity index (χ3v) is 2.99. The average molecular weight is 300 g/mol. The van der Waals surface area contributed by atoms with Crippen LogP contribution in [0.4, 0.5) is 4.39 Å². The van der Waals surface area contributed by atoms with Crippen LogP contribution in [-0.4, -0.2) is 35.9 Å². The molecule has 0 amide bonds. The van der Waals surface area contributed by atoms with E-state index in [2.05, 4.69) is 15.5 Å². The molecule has 0 saturated carbocycles. The van der Waals surface area contributed by atoms with Crippen molar-refractivity contribution >= 4 is 12.4 Å². The Bertz CT molecular complexity index is 558. The smallest absolute Gasteiger partial charge is 0.229 e. The molecule has 20 heavy (non-hydrogen) atoms. The lowest BCUT2D eigenvalue weighted by molar-refractivity contribution is 0.0246. The van der Waals surface area contributed by atoms with Gasteiger partial charge < -0.3 is 14.6 Å². The highest BCUT2D eigenvalue weighted by atomic mass is 35.5. The Balaban J connectivity index is 0.00000147. The first-order valence-corrected chi connectivity index (χ1v) is 6.23. The molecule has 0 radical (unpaired) electrons. The normalized spacial score (nSPS) is 18.6. The van der Waals surface area contributed by atoms with Crippen molar-refractivity contribution in [2.24, 2.45) is 0 Å². The molecule has 0 spiro atoms. The van der Waals surface area contributed by atoms with E-state index in [-0.39, 0.29) is 30.2 Å². The number of halogens is 2. The van der Waals surface area contributed by atoms with Crippen molar-refractivity contribution in [3.63, 3.8) is 0 Å². The molecule has 2 aromatic rings. The average Bonchev–Trinajstić information content (AvgIpc) is 2.89. The minimum absolute atomic E-state index is 0. The van der Waals surface area contributed by atoms with Gasteiger partial charge >= 0.3 is 0 Å². The van der Waals surface area contributed by atoms with Crippen molar-refractivity contribution in [2.75, 3.05) is 19.7 Å². The Kier molecular flexibility index (Phi) is 5.05. The van der Waals surface area contributed by atoms with Crippen LogP contribution in [-0.2, 0) is 11.2 Å². The van der Waals surface area contributed by atoms with E-state index in [9.17, 15) is 4.39 Å². The van der Waals surface area contributed by atoms with Crippen LogP contribution >= 0.6 is 12.4 Å². The minimum Gasteiger partial charge on any atom is -0.375 e. The van der Waals surface area contributed by atoms with E-state index in [0.717, 1.165) is 13.1 Å². The summed E-state index contributed by atoms with van der Waals surface area (Å²) >= 11 is 0. The maximum absolute atomic E-state index is 13.6. The topological polar surface area (TPSA) is 60.2 Å². The summed E-state index contributed by atoms with van der Waals surface area (Å²) in [5.41, 5.74) is 0.347. The van der Waals surface area contributed by atoms with E-state index in [1.165, 1.54) is 6.07 Å². The summed E-state index contributed by atoms with van der Waals surface area (Å²) in [5, 5.41) is 7.04. The number of benzene rings is 1. The molecule has 5 nitrogen and oxygen atoms in total. The van der Waals surface area contributed by atoms with E-state index < -0.39 is 0 Å². The van der Waals surface area contributed by atoms with Crippen LogP contribution in [0, 0.1) is 5.82 Å². The first-order valence-electron chi connectivity index (χ1n) is 6.23. The van der Waals surface area contributed by atoms with Gasteiger partial charge in [0.15, 0.2) is 0 Å². The van der Waals surface area contributed by atoms with E-state index in [1.54, 1.807) is 18.2 Å². The van der Waals surface area contributed by atoms with Gasteiger partial charge in [-0.25, -0.2) is 4.39 Å². The molecule has 1 N–H and O–H groups in total. The lowest BCUT2D eigenvalue weighted by Crippen LogP contribution is -2.39.